The number of ether oxygens (including phenoxy) is 1. The molecule has 1 fully saturated rings. The molecule has 1 aromatic carbocycles. The van der Waals surface area contributed by atoms with Gasteiger partial charge in [0.15, 0.2) is 11.6 Å². The highest BCUT2D eigenvalue weighted by Gasteiger charge is 2.49. The van der Waals surface area contributed by atoms with Gasteiger partial charge in [0.2, 0.25) is 0 Å². The maximum Gasteiger partial charge on any atom is 0.332 e. The van der Waals surface area contributed by atoms with E-state index in [1.54, 1.807) is 19.1 Å². The zero-order valence-electron chi connectivity index (χ0n) is 17.1. The van der Waals surface area contributed by atoms with Crippen molar-refractivity contribution in [3.63, 3.8) is 0 Å². The van der Waals surface area contributed by atoms with Crippen LogP contribution in [0.2, 0.25) is 5.02 Å². The topological polar surface area (TPSA) is 99.4 Å². The van der Waals surface area contributed by atoms with Crippen molar-refractivity contribution in [1.29, 1.82) is 5.26 Å². The summed E-state index contributed by atoms with van der Waals surface area (Å²) in [5.74, 6) is -0.998. The number of aromatic nitrogens is 2. The fourth-order valence-electron chi connectivity index (χ4n) is 3.68. The third-order valence-corrected chi connectivity index (χ3v) is 6.80. The number of methoxy groups -OCH3 is 1. The van der Waals surface area contributed by atoms with Crippen molar-refractivity contribution >= 4 is 45.9 Å². The van der Waals surface area contributed by atoms with Crippen LogP contribution in [-0.4, -0.2) is 52.0 Å². The lowest BCUT2D eigenvalue weighted by atomic mass is 10.0. The number of imide groups is 1. The molecular formula is C21H17ClFN5O3S. The molecule has 164 valence electrons. The summed E-state index contributed by atoms with van der Waals surface area (Å²) in [5, 5.41) is 16.3. The van der Waals surface area contributed by atoms with Gasteiger partial charge in [-0.1, -0.05) is 11.6 Å². The van der Waals surface area contributed by atoms with Gasteiger partial charge in [0.05, 0.1) is 48.2 Å². The first kappa shape index (κ1) is 22.0. The van der Waals surface area contributed by atoms with Crippen molar-refractivity contribution in [1.82, 2.24) is 15.1 Å². The van der Waals surface area contributed by atoms with Gasteiger partial charge in [-0.25, -0.2) is 14.1 Å². The minimum atomic E-state index is -0.665. The lowest BCUT2D eigenvalue weighted by Crippen LogP contribution is -2.62. The number of hydrogen-bond donors (Lipinski definition) is 0. The molecular weight excluding hydrogens is 457 g/mol. The lowest BCUT2D eigenvalue weighted by Gasteiger charge is -2.40. The van der Waals surface area contributed by atoms with Crippen molar-refractivity contribution in [3.05, 3.63) is 52.6 Å². The molecule has 0 spiro atoms. The predicted octanol–water partition coefficient (Wildman–Crippen LogP) is 3.79. The predicted molar refractivity (Wildman–Crippen MR) is 118 cm³/mol. The number of fused-ring (bicyclic) bond motifs is 1. The van der Waals surface area contributed by atoms with Crippen molar-refractivity contribution in [2.45, 2.75) is 24.6 Å². The Morgan fingerprint density at radius 1 is 1.34 bits per heavy atom. The quantitative estimate of drug-likeness (QED) is 0.651. The number of nitrogens with zero attached hydrogens (tertiary/aromatic N) is 5. The number of nitriles is 1. The number of amides is 3. The van der Waals surface area contributed by atoms with Gasteiger partial charge in [0, 0.05) is 17.0 Å². The molecule has 2 aliphatic rings. The summed E-state index contributed by atoms with van der Waals surface area (Å²) >= 11 is 7.51. The van der Waals surface area contributed by atoms with Crippen LogP contribution >= 0.6 is 23.4 Å². The summed E-state index contributed by atoms with van der Waals surface area (Å²) in [6.45, 7) is 1.85. The summed E-state index contributed by atoms with van der Waals surface area (Å²) in [6, 6.07) is 5.13. The Morgan fingerprint density at radius 2 is 2.12 bits per heavy atom. The van der Waals surface area contributed by atoms with Crippen LogP contribution in [-0.2, 0) is 4.79 Å². The van der Waals surface area contributed by atoms with E-state index in [1.165, 1.54) is 36.0 Å². The SMILES string of the molecule is COc1cc(C2=CC3C(S2)C(=O)N(c2cnnc(C)c2)C(=O)N3CCC#N)c(Cl)cc1F. The van der Waals surface area contributed by atoms with E-state index in [4.69, 9.17) is 21.6 Å². The Hall–Kier alpha value is -3.16. The van der Waals surface area contributed by atoms with Gasteiger partial charge in [0.25, 0.3) is 5.91 Å². The average molecular weight is 474 g/mol. The monoisotopic (exact) mass is 473 g/mol. The zero-order valence-corrected chi connectivity index (χ0v) is 18.7. The van der Waals surface area contributed by atoms with E-state index < -0.39 is 29.0 Å². The highest BCUT2D eigenvalue weighted by molar-refractivity contribution is 8.09. The van der Waals surface area contributed by atoms with Crippen molar-refractivity contribution < 1.29 is 18.7 Å². The number of halogens is 2. The van der Waals surface area contributed by atoms with Crippen LogP contribution in [0.3, 0.4) is 0 Å². The van der Waals surface area contributed by atoms with Crippen LogP contribution in [0.15, 0.2) is 30.5 Å². The summed E-state index contributed by atoms with van der Waals surface area (Å²) in [4.78, 5) is 29.8. The van der Waals surface area contributed by atoms with Crippen LogP contribution < -0.4 is 9.64 Å². The zero-order chi connectivity index (χ0) is 23.0. The molecule has 1 saturated heterocycles. The number of carbonyl (C=O) groups excluding carboxylic acids is 2. The molecule has 3 heterocycles. The number of benzene rings is 1. The van der Waals surface area contributed by atoms with Gasteiger partial charge in [-0.05, 0) is 31.2 Å². The minimum absolute atomic E-state index is 0.0180. The van der Waals surface area contributed by atoms with E-state index in [0.29, 0.717) is 21.8 Å². The van der Waals surface area contributed by atoms with Gasteiger partial charge < -0.3 is 9.64 Å². The van der Waals surface area contributed by atoms with E-state index in [2.05, 4.69) is 10.2 Å². The Labute approximate surface area is 192 Å². The van der Waals surface area contributed by atoms with Crippen LogP contribution in [0, 0.1) is 24.1 Å². The van der Waals surface area contributed by atoms with Crippen LogP contribution in [0.1, 0.15) is 17.7 Å². The van der Waals surface area contributed by atoms with E-state index in [0.717, 1.165) is 11.0 Å². The van der Waals surface area contributed by atoms with Crippen molar-refractivity contribution in [3.8, 4) is 11.8 Å². The second-order valence-corrected chi connectivity index (χ2v) is 8.73. The summed E-state index contributed by atoms with van der Waals surface area (Å²) in [6.07, 6.45) is 3.21. The molecule has 1 aromatic heterocycles. The molecule has 32 heavy (non-hydrogen) atoms. The molecule has 2 unspecified atom stereocenters. The van der Waals surface area contributed by atoms with Gasteiger partial charge >= 0.3 is 6.03 Å². The van der Waals surface area contributed by atoms with Crippen LogP contribution in [0.25, 0.3) is 4.91 Å². The molecule has 11 heteroatoms. The Morgan fingerprint density at radius 3 is 2.81 bits per heavy atom. The second-order valence-electron chi connectivity index (χ2n) is 7.14. The number of thioether (sulfide) groups is 1. The maximum atomic E-state index is 14.0. The van der Waals surface area contributed by atoms with Crippen molar-refractivity contribution in [2.75, 3.05) is 18.6 Å². The van der Waals surface area contributed by atoms with E-state index in [1.807, 2.05) is 6.07 Å². The molecule has 0 radical (unpaired) electrons. The number of rotatable bonds is 5. The highest BCUT2D eigenvalue weighted by atomic mass is 35.5. The molecule has 2 aliphatic heterocycles. The summed E-state index contributed by atoms with van der Waals surface area (Å²) in [5.41, 5.74) is 1.36. The summed E-state index contributed by atoms with van der Waals surface area (Å²) < 4.78 is 19.1. The first-order valence-corrected chi connectivity index (χ1v) is 10.8. The Bertz CT molecular complexity index is 1180. The maximum absolute atomic E-state index is 14.0. The average Bonchev–Trinajstić information content (AvgIpc) is 3.19. The van der Waals surface area contributed by atoms with Crippen LogP contribution in [0.4, 0.5) is 14.9 Å². The molecule has 0 saturated carbocycles. The van der Waals surface area contributed by atoms with E-state index in [9.17, 15) is 14.0 Å². The fraction of sp³-hybridized carbons (Fsp3) is 0.286. The number of urea groups is 1. The molecule has 3 amide bonds. The first-order chi connectivity index (χ1) is 15.3. The molecule has 0 aliphatic carbocycles. The molecule has 4 rings (SSSR count). The summed E-state index contributed by atoms with van der Waals surface area (Å²) in [7, 11) is 1.35. The lowest BCUT2D eigenvalue weighted by molar-refractivity contribution is -0.119. The fourth-order valence-corrected chi connectivity index (χ4v) is 5.34. The second kappa shape index (κ2) is 8.76. The van der Waals surface area contributed by atoms with Gasteiger partial charge in [0.1, 0.15) is 5.25 Å². The first-order valence-electron chi connectivity index (χ1n) is 9.58. The van der Waals surface area contributed by atoms with Crippen LogP contribution in [0.5, 0.6) is 5.75 Å². The van der Waals surface area contributed by atoms with Gasteiger partial charge in [-0.15, -0.1) is 11.8 Å². The molecule has 8 nitrogen and oxygen atoms in total. The third-order valence-electron chi connectivity index (χ3n) is 5.14. The smallest absolute Gasteiger partial charge is 0.332 e. The number of hydrogen-bond acceptors (Lipinski definition) is 7. The van der Waals surface area contributed by atoms with Gasteiger partial charge in [-0.3, -0.25) is 4.79 Å². The minimum Gasteiger partial charge on any atom is -0.494 e. The third kappa shape index (κ3) is 3.78. The molecule has 0 bridgehead atoms. The van der Waals surface area contributed by atoms with Crippen molar-refractivity contribution in [2.24, 2.45) is 0 Å². The normalized spacial score (nSPS) is 20.2. The number of anilines is 1. The Balaban J connectivity index is 1.75. The van der Waals surface area contributed by atoms with E-state index >= 15 is 0 Å². The molecule has 2 atom stereocenters. The van der Waals surface area contributed by atoms with Gasteiger partial charge in [-0.2, -0.15) is 15.5 Å². The Kier molecular flexibility index (Phi) is 6.04. The number of aryl methyl sites for hydroxylation is 1. The standard InChI is InChI=1S/C21H17ClFN5O3S/c1-11-6-12(10-25-26-11)28-20(29)19-16(27(21(28)30)5-3-4-24)9-18(32-19)13-7-17(31-2)15(23)8-14(13)22/h6-10,16,19H,3,5H2,1-2H3. The molecule has 0 N–H and O–H groups in total. The number of carbonyl (C=O) groups is 2. The highest BCUT2D eigenvalue weighted by Crippen LogP contribution is 2.47. The van der Waals surface area contributed by atoms with E-state index in [-0.39, 0.29) is 23.7 Å². The molecule has 2 aromatic rings. The largest absolute Gasteiger partial charge is 0.494 e.